The molecule has 0 aromatic heterocycles. The van der Waals surface area contributed by atoms with Gasteiger partial charge < -0.3 is 15.8 Å². The van der Waals surface area contributed by atoms with Crippen LogP contribution in [-0.2, 0) is 11.4 Å². The maximum Gasteiger partial charge on any atom is 0.227 e. The van der Waals surface area contributed by atoms with Crippen molar-refractivity contribution in [2.24, 2.45) is 17.6 Å². The van der Waals surface area contributed by atoms with Gasteiger partial charge in [-0.15, -0.1) is 0 Å². The zero-order chi connectivity index (χ0) is 17.6. The molecule has 0 aliphatic heterocycles. The van der Waals surface area contributed by atoms with Crippen LogP contribution in [0.3, 0.4) is 0 Å². The van der Waals surface area contributed by atoms with Crippen LogP contribution >= 0.6 is 0 Å². The summed E-state index contributed by atoms with van der Waals surface area (Å²) in [6.45, 7) is 3.11. The predicted molar refractivity (Wildman–Crippen MR) is 100 cm³/mol. The number of carbonyl (C=O) groups excluding carboxylic acids is 1. The lowest BCUT2D eigenvalue weighted by Crippen LogP contribution is -2.29. The molecule has 2 atom stereocenters. The molecule has 1 fully saturated rings. The summed E-state index contributed by atoms with van der Waals surface area (Å²) >= 11 is 0. The van der Waals surface area contributed by atoms with Crippen LogP contribution in [0.25, 0.3) is 0 Å². The number of aryl methyl sites for hydroxylation is 1. The minimum Gasteiger partial charge on any atom is -0.489 e. The number of amides is 1. The SMILES string of the molecule is Cc1cc(OCc2ccccc2)ccc1NC(=O)[C@@H]1CCC[C@@H]1CN. The number of hydrogen-bond acceptors (Lipinski definition) is 3. The van der Waals surface area contributed by atoms with Crippen molar-refractivity contribution in [2.75, 3.05) is 11.9 Å². The highest BCUT2D eigenvalue weighted by Crippen LogP contribution is 2.32. The third-order valence-electron chi connectivity index (χ3n) is 5.00. The Morgan fingerprint density at radius 2 is 2.00 bits per heavy atom. The van der Waals surface area contributed by atoms with E-state index in [4.69, 9.17) is 10.5 Å². The minimum absolute atomic E-state index is 0.0402. The fraction of sp³-hybridized carbons (Fsp3) is 0.381. The molecule has 0 unspecified atom stereocenters. The molecule has 3 rings (SSSR count). The first-order chi connectivity index (χ1) is 12.2. The van der Waals surface area contributed by atoms with E-state index in [9.17, 15) is 4.79 Å². The second-order valence-electron chi connectivity index (χ2n) is 6.77. The summed E-state index contributed by atoms with van der Waals surface area (Å²) in [7, 11) is 0. The van der Waals surface area contributed by atoms with Gasteiger partial charge in [-0.25, -0.2) is 0 Å². The Bertz CT molecular complexity index is 715. The predicted octanol–water partition coefficient (Wildman–Crippen LogP) is 3.89. The smallest absolute Gasteiger partial charge is 0.227 e. The minimum atomic E-state index is 0.0402. The van der Waals surface area contributed by atoms with Crippen LogP contribution in [0.1, 0.15) is 30.4 Å². The van der Waals surface area contributed by atoms with Gasteiger partial charge in [0.05, 0.1) is 0 Å². The highest BCUT2D eigenvalue weighted by molar-refractivity contribution is 5.93. The largest absolute Gasteiger partial charge is 0.489 e. The van der Waals surface area contributed by atoms with Crippen molar-refractivity contribution in [1.29, 1.82) is 0 Å². The van der Waals surface area contributed by atoms with E-state index < -0.39 is 0 Å². The van der Waals surface area contributed by atoms with Gasteiger partial charge in [0, 0.05) is 11.6 Å². The molecule has 1 amide bonds. The van der Waals surface area contributed by atoms with Gasteiger partial charge in [0.25, 0.3) is 0 Å². The van der Waals surface area contributed by atoms with Crippen molar-refractivity contribution >= 4 is 11.6 Å². The van der Waals surface area contributed by atoms with Gasteiger partial charge in [-0.3, -0.25) is 4.79 Å². The molecule has 3 N–H and O–H groups in total. The van der Waals surface area contributed by atoms with Gasteiger partial charge in [-0.05, 0) is 61.6 Å². The van der Waals surface area contributed by atoms with Gasteiger partial charge in [0.1, 0.15) is 12.4 Å². The number of ether oxygens (including phenoxy) is 1. The van der Waals surface area contributed by atoms with E-state index >= 15 is 0 Å². The van der Waals surface area contributed by atoms with Crippen LogP contribution in [0.2, 0.25) is 0 Å². The van der Waals surface area contributed by atoms with Gasteiger partial charge in [0.2, 0.25) is 5.91 Å². The number of carbonyl (C=O) groups is 1. The van der Waals surface area contributed by atoms with Gasteiger partial charge in [-0.2, -0.15) is 0 Å². The van der Waals surface area contributed by atoms with E-state index in [0.717, 1.165) is 41.8 Å². The molecule has 132 valence electrons. The number of anilines is 1. The van der Waals surface area contributed by atoms with Gasteiger partial charge in [0.15, 0.2) is 0 Å². The van der Waals surface area contributed by atoms with Crippen LogP contribution in [0.4, 0.5) is 5.69 Å². The summed E-state index contributed by atoms with van der Waals surface area (Å²) in [6, 6.07) is 15.9. The van der Waals surface area contributed by atoms with Crippen molar-refractivity contribution in [3.8, 4) is 5.75 Å². The zero-order valence-corrected chi connectivity index (χ0v) is 14.7. The Balaban J connectivity index is 1.61. The second kappa shape index (κ2) is 8.17. The maximum atomic E-state index is 12.5. The monoisotopic (exact) mass is 338 g/mol. The Morgan fingerprint density at radius 1 is 1.20 bits per heavy atom. The normalized spacial score (nSPS) is 19.6. The lowest BCUT2D eigenvalue weighted by Gasteiger charge is -2.18. The number of benzene rings is 2. The topological polar surface area (TPSA) is 64.3 Å². The van der Waals surface area contributed by atoms with E-state index in [1.807, 2.05) is 55.5 Å². The molecule has 0 heterocycles. The van der Waals surface area contributed by atoms with Crippen molar-refractivity contribution in [2.45, 2.75) is 32.8 Å². The molecule has 2 aromatic rings. The maximum absolute atomic E-state index is 12.5. The van der Waals surface area contributed by atoms with Crippen LogP contribution in [0.15, 0.2) is 48.5 Å². The number of hydrogen-bond donors (Lipinski definition) is 2. The quantitative estimate of drug-likeness (QED) is 0.840. The second-order valence-corrected chi connectivity index (χ2v) is 6.77. The van der Waals surface area contributed by atoms with Crippen molar-refractivity contribution < 1.29 is 9.53 Å². The van der Waals surface area contributed by atoms with E-state index in [1.165, 1.54) is 0 Å². The van der Waals surface area contributed by atoms with E-state index in [2.05, 4.69) is 5.32 Å². The first-order valence-electron chi connectivity index (χ1n) is 8.95. The van der Waals surface area contributed by atoms with E-state index in [-0.39, 0.29) is 11.8 Å². The fourth-order valence-electron chi connectivity index (χ4n) is 3.50. The average Bonchev–Trinajstić information content (AvgIpc) is 3.12. The zero-order valence-electron chi connectivity index (χ0n) is 14.7. The molecule has 1 aliphatic carbocycles. The van der Waals surface area contributed by atoms with Gasteiger partial charge in [-0.1, -0.05) is 36.8 Å². The van der Waals surface area contributed by atoms with Crippen molar-refractivity contribution in [1.82, 2.24) is 0 Å². The highest BCUT2D eigenvalue weighted by Gasteiger charge is 2.32. The molecule has 25 heavy (non-hydrogen) atoms. The standard InChI is InChI=1S/C21H26N2O2/c1-15-12-18(25-14-16-6-3-2-4-7-16)10-11-20(15)23-21(24)19-9-5-8-17(19)13-22/h2-4,6-7,10-12,17,19H,5,8-9,13-14,22H2,1H3,(H,23,24)/t17-,19-/m1/s1. The van der Waals surface area contributed by atoms with Crippen LogP contribution in [-0.4, -0.2) is 12.5 Å². The Labute approximate surface area is 149 Å². The van der Waals surface area contributed by atoms with Crippen LogP contribution in [0.5, 0.6) is 5.75 Å². The van der Waals surface area contributed by atoms with Crippen LogP contribution in [0, 0.1) is 18.8 Å². The molecular weight excluding hydrogens is 312 g/mol. The molecule has 2 aromatic carbocycles. The number of nitrogens with one attached hydrogen (secondary N) is 1. The third kappa shape index (κ3) is 4.40. The summed E-state index contributed by atoms with van der Waals surface area (Å²) in [6.07, 6.45) is 3.08. The third-order valence-corrected chi connectivity index (χ3v) is 5.00. The molecule has 4 heteroatoms. The van der Waals surface area contributed by atoms with E-state index in [0.29, 0.717) is 19.1 Å². The molecule has 0 saturated heterocycles. The molecule has 4 nitrogen and oxygen atoms in total. The summed E-state index contributed by atoms with van der Waals surface area (Å²) in [4.78, 5) is 12.5. The molecule has 0 bridgehead atoms. The lowest BCUT2D eigenvalue weighted by atomic mass is 9.95. The number of rotatable bonds is 6. The first-order valence-corrected chi connectivity index (χ1v) is 8.95. The summed E-state index contributed by atoms with van der Waals surface area (Å²) in [5, 5.41) is 3.07. The summed E-state index contributed by atoms with van der Waals surface area (Å²) < 4.78 is 5.84. The molecular formula is C21H26N2O2. The Kier molecular flexibility index (Phi) is 5.71. The fourth-order valence-corrected chi connectivity index (χ4v) is 3.50. The highest BCUT2D eigenvalue weighted by atomic mass is 16.5. The Hall–Kier alpha value is -2.33. The molecule has 0 radical (unpaired) electrons. The first kappa shape index (κ1) is 17.5. The van der Waals surface area contributed by atoms with Crippen LogP contribution < -0.4 is 15.8 Å². The van der Waals surface area contributed by atoms with E-state index in [1.54, 1.807) is 0 Å². The molecule has 1 saturated carbocycles. The molecule has 1 aliphatic rings. The number of nitrogens with two attached hydrogens (primary N) is 1. The van der Waals surface area contributed by atoms with Gasteiger partial charge >= 0.3 is 0 Å². The molecule has 0 spiro atoms. The summed E-state index contributed by atoms with van der Waals surface area (Å²) in [5.41, 5.74) is 8.77. The van der Waals surface area contributed by atoms with Crippen molar-refractivity contribution in [3.05, 3.63) is 59.7 Å². The Morgan fingerprint density at radius 3 is 2.72 bits per heavy atom. The lowest BCUT2D eigenvalue weighted by molar-refractivity contribution is -0.120. The average molecular weight is 338 g/mol. The van der Waals surface area contributed by atoms with Crippen molar-refractivity contribution in [3.63, 3.8) is 0 Å². The summed E-state index contributed by atoms with van der Waals surface area (Å²) in [5.74, 6) is 1.25.